The van der Waals surface area contributed by atoms with Gasteiger partial charge in [0.05, 0.1) is 12.1 Å². The normalized spacial score (nSPS) is 29.3. The lowest BCUT2D eigenvalue weighted by Crippen LogP contribution is -2.37. The summed E-state index contributed by atoms with van der Waals surface area (Å²) in [6.45, 7) is 1.78. The average molecular weight is 128 g/mol. The van der Waals surface area contributed by atoms with Crippen molar-refractivity contribution in [1.82, 2.24) is 5.43 Å². The van der Waals surface area contributed by atoms with Crippen molar-refractivity contribution in [1.29, 1.82) is 0 Å². The van der Waals surface area contributed by atoms with Gasteiger partial charge in [-0.05, 0) is 19.8 Å². The van der Waals surface area contributed by atoms with Crippen LogP contribution in [0.5, 0.6) is 0 Å². The third-order valence-corrected chi connectivity index (χ3v) is 1.52. The first-order chi connectivity index (χ1) is 4.30. The zero-order valence-electron chi connectivity index (χ0n) is 5.54. The summed E-state index contributed by atoms with van der Waals surface area (Å²) in [5.41, 5.74) is 2.84. The van der Waals surface area contributed by atoms with Crippen LogP contribution >= 0.6 is 0 Å². The molecule has 0 aromatic rings. The number of hydrazone groups is 1. The van der Waals surface area contributed by atoms with Crippen molar-refractivity contribution < 1.29 is 5.11 Å². The maximum Gasteiger partial charge on any atom is 0.0729 e. The molecule has 1 aliphatic heterocycles. The van der Waals surface area contributed by atoms with E-state index >= 15 is 0 Å². The summed E-state index contributed by atoms with van der Waals surface area (Å²) in [6.07, 6.45) is 3.50. The van der Waals surface area contributed by atoms with Crippen molar-refractivity contribution in [3.8, 4) is 0 Å². The summed E-state index contributed by atoms with van der Waals surface area (Å²) in [4.78, 5) is 0. The van der Waals surface area contributed by atoms with Crippen LogP contribution < -0.4 is 5.43 Å². The second kappa shape index (κ2) is 2.82. The number of rotatable bonds is 1. The fourth-order valence-corrected chi connectivity index (χ4v) is 0.881. The lowest BCUT2D eigenvalue weighted by atomic mass is 10.1. The molecular weight excluding hydrogens is 116 g/mol. The molecule has 0 saturated carbocycles. The minimum atomic E-state index is -0.289. The van der Waals surface area contributed by atoms with E-state index in [4.69, 9.17) is 5.11 Å². The van der Waals surface area contributed by atoms with Crippen molar-refractivity contribution in [2.75, 3.05) is 0 Å². The maximum atomic E-state index is 9.04. The van der Waals surface area contributed by atoms with E-state index in [1.54, 1.807) is 6.92 Å². The lowest BCUT2D eigenvalue weighted by molar-refractivity contribution is 0.140. The summed E-state index contributed by atoms with van der Waals surface area (Å²) in [6, 6.07) is 0.162. The number of hydrogen-bond donors (Lipinski definition) is 2. The Morgan fingerprint density at radius 3 is 3.00 bits per heavy atom. The van der Waals surface area contributed by atoms with Gasteiger partial charge in [-0.2, -0.15) is 5.10 Å². The molecule has 2 unspecified atom stereocenters. The highest BCUT2D eigenvalue weighted by Crippen LogP contribution is 2.04. The summed E-state index contributed by atoms with van der Waals surface area (Å²) in [7, 11) is 0. The van der Waals surface area contributed by atoms with Crippen molar-refractivity contribution in [2.45, 2.75) is 31.9 Å². The van der Waals surface area contributed by atoms with Crippen molar-refractivity contribution in [3.05, 3.63) is 0 Å². The van der Waals surface area contributed by atoms with E-state index in [0.29, 0.717) is 0 Å². The molecule has 0 saturated heterocycles. The van der Waals surface area contributed by atoms with Crippen molar-refractivity contribution in [3.63, 3.8) is 0 Å². The van der Waals surface area contributed by atoms with E-state index < -0.39 is 0 Å². The Morgan fingerprint density at radius 2 is 2.67 bits per heavy atom. The monoisotopic (exact) mass is 128 g/mol. The third kappa shape index (κ3) is 1.68. The highest BCUT2D eigenvalue weighted by atomic mass is 16.3. The van der Waals surface area contributed by atoms with Crippen LogP contribution in [-0.4, -0.2) is 23.5 Å². The van der Waals surface area contributed by atoms with Gasteiger partial charge in [0.25, 0.3) is 0 Å². The predicted octanol–water partition coefficient (Wildman–Crippen LogP) is 0.105. The summed E-state index contributed by atoms with van der Waals surface area (Å²) < 4.78 is 0. The van der Waals surface area contributed by atoms with Gasteiger partial charge < -0.3 is 10.5 Å². The second-order valence-electron chi connectivity index (χ2n) is 2.37. The number of nitrogens with one attached hydrogen (secondary N) is 1. The second-order valence-corrected chi connectivity index (χ2v) is 2.37. The average Bonchev–Trinajstić information content (AvgIpc) is 1.90. The van der Waals surface area contributed by atoms with Crippen LogP contribution in [0.1, 0.15) is 19.8 Å². The molecule has 1 aliphatic rings. The summed E-state index contributed by atoms with van der Waals surface area (Å²) in [5, 5.41) is 12.9. The Morgan fingerprint density at radius 1 is 1.89 bits per heavy atom. The molecule has 3 heteroatoms. The molecule has 3 nitrogen and oxygen atoms in total. The van der Waals surface area contributed by atoms with E-state index in [9.17, 15) is 0 Å². The Labute approximate surface area is 54.8 Å². The lowest BCUT2D eigenvalue weighted by Gasteiger charge is -2.21. The highest BCUT2D eigenvalue weighted by molar-refractivity contribution is 5.57. The predicted molar refractivity (Wildman–Crippen MR) is 36.3 cm³/mol. The van der Waals surface area contributed by atoms with E-state index in [1.165, 1.54) is 0 Å². The number of aliphatic hydroxyl groups is 1. The molecule has 0 aromatic heterocycles. The number of aliphatic hydroxyl groups excluding tert-OH is 1. The van der Waals surface area contributed by atoms with Gasteiger partial charge in [-0.25, -0.2) is 0 Å². The van der Waals surface area contributed by atoms with Gasteiger partial charge in [0.15, 0.2) is 0 Å². The Bertz CT molecular complexity index is 112. The summed E-state index contributed by atoms with van der Waals surface area (Å²) >= 11 is 0. The zero-order valence-corrected chi connectivity index (χ0v) is 5.54. The van der Waals surface area contributed by atoms with E-state index in [-0.39, 0.29) is 12.1 Å². The SMILES string of the molecule is CC(O)C1CCC=NN1. The fraction of sp³-hybridized carbons (Fsp3) is 0.833. The smallest absolute Gasteiger partial charge is 0.0729 e. The number of hydrogen-bond acceptors (Lipinski definition) is 3. The largest absolute Gasteiger partial charge is 0.391 e. The molecule has 0 radical (unpaired) electrons. The molecule has 2 N–H and O–H groups in total. The Hall–Kier alpha value is -0.570. The maximum absolute atomic E-state index is 9.04. The van der Waals surface area contributed by atoms with Gasteiger partial charge in [-0.15, -0.1) is 0 Å². The molecule has 1 heterocycles. The molecule has 0 fully saturated rings. The van der Waals surface area contributed by atoms with Crippen molar-refractivity contribution >= 4 is 6.21 Å². The molecule has 52 valence electrons. The van der Waals surface area contributed by atoms with Crippen LogP contribution in [0.2, 0.25) is 0 Å². The molecule has 0 bridgehead atoms. The molecule has 0 spiro atoms. The Kier molecular flexibility index (Phi) is 2.05. The molecule has 0 aromatic carbocycles. The van der Waals surface area contributed by atoms with Crippen LogP contribution in [0, 0.1) is 0 Å². The quantitative estimate of drug-likeness (QED) is 0.526. The third-order valence-electron chi connectivity index (χ3n) is 1.52. The van der Waals surface area contributed by atoms with Crippen molar-refractivity contribution in [2.24, 2.45) is 5.10 Å². The Balaban J connectivity index is 2.35. The van der Waals surface area contributed by atoms with Crippen LogP contribution in [0.25, 0.3) is 0 Å². The fourth-order valence-electron chi connectivity index (χ4n) is 0.881. The standard InChI is InChI=1S/C6H12N2O/c1-5(9)6-3-2-4-7-8-6/h4-6,8-9H,2-3H2,1H3. The molecule has 2 atom stereocenters. The van der Waals surface area contributed by atoms with Crippen LogP contribution in [-0.2, 0) is 0 Å². The van der Waals surface area contributed by atoms with Gasteiger partial charge in [-0.1, -0.05) is 0 Å². The first-order valence-corrected chi connectivity index (χ1v) is 3.26. The molecular formula is C6H12N2O. The summed E-state index contributed by atoms with van der Waals surface area (Å²) in [5.74, 6) is 0. The first kappa shape index (κ1) is 6.55. The van der Waals surface area contributed by atoms with Gasteiger partial charge in [0.2, 0.25) is 0 Å². The first-order valence-electron chi connectivity index (χ1n) is 3.26. The van der Waals surface area contributed by atoms with Crippen LogP contribution in [0.4, 0.5) is 0 Å². The van der Waals surface area contributed by atoms with Gasteiger partial charge in [-0.3, -0.25) is 0 Å². The molecule has 0 aliphatic carbocycles. The molecule has 0 amide bonds. The highest BCUT2D eigenvalue weighted by Gasteiger charge is 2.14. The molecule has 1 rings (SSSR count). The van der Waals surface area contributed by atoms with Gasteiger partial charge >= 0.3 is 0 Å². The van der Waals surface area contributed by atoms with Crippen LogP contribution in [0.15, 0.2) is 5.10 Å². The zero-order chi connectivity index (χ0) is 6.69. The van der Waals surface area contributed by atoms with E-state index in [0.717, 1.165) is 12.8 Å². The number of nitrogens with zero attached hydrogens (tertiary/aromatic N) is 1. The topological polar surface area (TPSA) is 44.6 Å². The minimum absolute atomic E-state index is 0.162. The van der Waals surface area contributed by atoms with Crippen LogP contribution in [0.3, 0.4) is 0 Å². The van der Waals surface area contributed by atoms with Gasteiger partial charge in [0.1, 0.15) is 0 Å². The van der Waals surface area contributed by atoms with E-state index in [1.807, 2.05) is 6.21 Å². The van der Waals surface area contributed by atoms with Gasteiger partial charge in [0, 0.05) is 6.21 Å². The molecule has 9 heavy (non-hydrogen) atoms. The minimum Gasteiger partial charge on any atom is -0.391 e. The van der Waals surface area contributed by atoms with E-state index in [2.05, 4.69) is 10.5 Å².